The van der Waals surface area contributed by atoms with E-state index in [4.69, 9.17) is 0 Å². The Hall–Kier alpha value is -0.120. The van der Waals surface area contributed by atoms with E-state index in [9.17, 15) is 5.11 Å². The van der Waals surface area contributed by atoms with Gasteiger partial charge < -0.3 is 15.3 Å². The van der Waals surface area contributed by atoms with E-state index in [1.807, 2.05) is 0 Å². The number of rotatable bonds is 10. The van der Waals surface area contributed by atoms with Crippen molar-refractivity contribution in [3.05, 3.63) is 0 Å². The van der Waals surface area contributed by atoms with E-state index >= 15 is 0 Å². The van der Waals surface area contributed by atoms with Gasteiger partial charge in [0.25, 0.3) is 0 Å². The van der Waals surface area contributed by atoms with Gasteiger partial charge in [-0.3, -0.25) is 0 Å². The molecule has 2 rings (SSSR count). The Labute approximate surface area is 125 Å². The monoisotopic (exact) mass is 282 g/mol. The lowest BCUT2D eigenvalue weighted by Crippen LogP contribution is -2.53. The van der Waals surface area contributed by atoms with Crippen molar-refractivity contribution < 1.29 is 5.11 Å². The summed E-state index contributed by atoms with van der Waals surface area (Å²) in [5.41, 5.74) is 0.0470. The normalized spacial score (nSPS) is 30.3. The summed E-state index contributed by atoms with van der Waals surface area (Å²) in [4.78, 5) is 2.58. The summed E-state index contributed by atoms with van der Waals surface area (Å²) in [6.45, 7) is 8.47. The summed E-state index contributed by atoms with van der Waals surface area (Å²) in [5, 5.41) is 13.7. The molecule has 0 amide bonds. The van der Waals surface area contributed by atoms with Crippen molar-refractivity contribution in [1.29, 1.82) is 0 Å². The van der Waals surface area contributed by atoms with Gasteiger partial charge in [0.05, 0.1) is 6.61 Å². The summed E-state index contributed by atoms with van der Waals surface area (Å²) in [5.74, 6) is 0.670. The molecule has 2 aliphatic rings. The van der Waals surface area contributed by atoms with Crippen LogP contribution in [-0.4, -0.2) is 47.8 Å². The fourth-order valence-corrected chi connectivity index (χ4v) is 3.79. The van der Waals surface area contributed by atoms with Crippen LogP contribution < -0.4 is 5.32 Å². The van der Waals surface area contributed by atoms with Crippen molar-refractivity contribution in [1.82, 2.24) is 10.2 Å². The number of unbranched alkanes of at least 4 members (excludes halogenated alkanes) is 1. The largest absolute Gasteiger partial charge is 0.394 e. The van der Waals surface area contributed by atoms with Crippen LogP contribution in [-0.2, 0) is 0 Å². The van der Waals surface area contributed by atoms with Gasteiger partial charge in [0.15, 0.2) is 0 Å². The van der Waals surface area contributed by atoms with Crippen LogP contribution >= 0.6 is 0 Å². The standard InChI is InChI=1S/C17H34N2O/c1-3-5-12-19(4-2)13-10-15-7-6-11-17(15,14-20)18-16-8-9-16/h15-16,18,20H,3-14H2,1-2H3. The summed E-state index contributed by atoms with van der Waals surface area (Å²) in [6, 6.07) is 0.699. The first kappa shape index (κ1) is 16.3. The molecule has 118 valence electrons. The van der Waals surface area contributed by atoms with Crippen molar-refractivity contribution in [3.63, 3.8) is 0 Å². The Kier molecular flexibility index (Phi) is 6.31. The van der Waals surface area contributed by atoms with Crippen LogP contribution in [0, 0.1) is 5.92 Å². The highest BCUT2D eigenvalue weighted by atomic mass is 16.3. The maximum absolute atomic E-state index is 9.95. The zero-order valence-electron chi connectivity index (χ0n) is 13.5. The molecule has 2 atom stereocenters. The molecule has 2 saturated carbocycles. The Morgan fingerprint density at radius 3 is 2.60 bits per heavy atom. The molecule has 0 spiro atoms. The maximum Gasteiger partial charge on any atom is 0.0616 e. The lowest BCUT2D eigenvalue weighted by atomic mass is 9.85. The fourth-order valence-electron chi connectivity index (χ4n) is 3.79. The minimum absolute atomic E-state index is 0.0470. The van der Waals surface area contributed by atoms with Crippen molar-refractivity contribution in [3.8, 4) is 0 Å². The molecule has 2 N–H and O–H groups in total. The Morgan fingerprint density at radius 2 is 2.00 bits per heavy atom. The second-order valence-corrected chi connectivity index (χ2v) is 6.90. The Balaban J connectivity index is 1.82. The molecule has 2 unspecified atom stereocenters. The van der Waals surface area contributed by atoms with Crippen LogP contribution in [0.3, 0.4) is 0 Å². The highest BCUT2D eigenvalue weighted by molar-refractivity contribution is 5.03. The topological polar surface area (TPSA) is 35.5 Å². The van der Waals surface area contributed by atoms with Gasteiger partial charge in [-0.1, -0.05) is 26.7 Å². The van der Waals surface area contributed by atoms with Crippen LogP contribution in [0.15, 0.2) is 0 Å². The smallest absolute Gasteiger partial charge is 0.0616 e. The summed E-state index contributed by atoms with van der Waals surface area (Å²) < 4.78 is 0. The van der Waals surface area contributed by atoms with Crippen LogP contribution in [0.1, 0.15) is 65.2 Å². The van der Waals surface area contributed by atoms with E-state index in [1.54, 1.807) is 0 Å². The first-order chi connectivity index (χ1) is 9.74. The van der Waals surface area contributed by atoms with E-state index in [2.05, 4.69) is 24.1 Å². The minimum Gasteiger partial charge on any atom is -0.394 e. The van der Waals surface area contributed by atoms with Gasteiger partial charge in [0, 0.05) is 11.6 Å². The summed E-state index contributed by atoms with van der Waals surface area (Å²) >= 11 is 0. The lowest BCUT2D eigenvalue weighted by Gasteiger charge is -2.36. The SMILES string of the molecule is CCCCN(CC)CCC1CCCC1(CO)NC1CC1. The van der Waals surface area contributed by atoms with Crippen LogP contribution in [0.2, 0.25) is 0 Å². The summed E-state index contributed by atoms with van der Waals surface area (Å²) in [6.07, 6.45) is 10.2. The molecule has 0 heterocycles. The molecule has 0 saturated heterocycles. The van der Waals surface area contributed by atoms with Gasteiger partial charge in [-0.25, -0.2) is 0 Å². The molecular weight excluding hydrogens is 248 g/mol. The van der Waals surface area contributed by atoms with Crippen molar-refractivity contribution >= 4 is 0 Å². The predicted octanol–water partition coefficient (Wildman–Crippen LogP) is 2.78. The van der Waals surface area contributed by atoms with Gasteiger partial charge in [-0.2, -0.15) is 0 Å². The van der Waals surface area contributed by atoms with E-state index in [1.165, 1.54) is 64.5 Å². The van der Waals surface area contributed by atoms with Gasteiger partial charge in [0.2, 0.25) is 0 Å². The Bertz CT molecular complexity index is 280. The molecule has 0 aromatic heterocycles. The van der Waals surface area contributed by atoms with Gasteiger partial charge in [0.1, 0.15) is 0 Å². The van der Waals surface area contributed by atoms with Crippen LogP contribution in [0.4, 0.5) is 0 Å². The zero-order chi connectivity index (χ0) is 14.4. The molecule has 0 aromatic carbocycles. The van der Waals surface area contributed by atoms with Crippen molar-refractivity contribution in [2.45, 2.75) is 76.8 Å². The molecule has 0 radical (unpaired) electrons. The van der Waals surface area contributed by atoms with Gasteiger partial charge >= 0.3 is 0 Å². The van der Waals surface area contributed by atoms with Crippen molar-refractivity contribution in [2.75, 3.05) is 26.2 Å². The van der Waals surface area contributed by atoms with Gasteiger partial charge in [-0.15, -0.1) is 0 Å². The molecule has 0 bridgehead atoms. The predicted molar refractivity (Wildman–Crippen MR) is 85.0 cm³/mol. The maximum atomic E-state index is 9.95. The first-order valence-corrected chi connectivity index (χ1v) is 8.85. The van der Waals surface area contributed by atoms with Crippen LogP contribution in [0.25, 0.3) is 0 Å². The average molecular weight is 282 g/mol. The van der Waals surface area contributed by atoms with Crippen molar-refractivity contribution in [2.24, 2.45) is 5.92 Å². The van der Waals surface area contributed by atoms with E-state index in [0.29, 0.717) is 18.6 Å². The summed E-state index contributed by atoms with van der Waals surface area (Å²) in [7, 11) is 0. The second kappa shape index (κ2) is 7.77. The number of hydrogen-bond acceptors (Lipinski definition) is 3. The molecule has 3 heteroatoms. The third kappa shape index (κ3) is 4.19. The third-order valence-corrected chi connectivity index (χ3v) is 5.38. The van der Waals surface area contributed by atoms with Gasteiger partial charge in [-0.05, 0) is 64.1 Å². The number of aliphatic hydroxyl groups excluding tert-OH is 1. The van der Waals surface area contributed by atoms with E-state index in [-0.39, 0.29) is 5.54 Å². The number of nitrogens with zero attached hydrogens (tertiary/aromatic N) is 1. The minimum atomic E-state index is 0.0470. The fraction of sp³-hybridized carbons (Fsp3) is 1.00. The average Bonchev–Trinajstić information content (AvgIpc) is 3.19. The quantitative estimate of drug-likeness (QED) is 0.647. The molecule has 2 aliphatic carbocycles. The second-order valence-electron chi connectivity index (χ2n) is 6.90. The van der Waals surface area contributed by atoms with E-state index < -0.39 is 0 Å². The Morgan fingerprint density at radius 1 is 1.20 bits per heavy atom. The number of hydrogen-bond donors (Lipinski definition) is 2. The molecular formula is C17H34N2O. The van der Waals surface area contributed by atoms with E-state index in [0.717, 1.165) is 6.54 Å². The molecule has 0 aromatic rings. The zero-order valence-corrected chi connectivity index (χ0v) is 13.5. The third-order valence-electron chi connectivity index (χ3n) is 5.38. The highest BCUT2D eigenvalue weighted by Gasteiger charge is 2.44. The molecule has 2 fully saturated rings. The molecule has 0 aliphatic heterocycles. The molecule has 20 heavy (non-hydrogen) atoms. The molecule has 3 nitrogen and oxygen atoms in total. The lowest BCUT2D eigenvalue weighted by molar-refractivity contribution is 0.109. The first-order valence-electron chi connectivity index (χ1n) is 8.85. The van der Waals surface area contributed by atoms with Crippen LogP contribution in [0.5, 0.6) is 0 Å². The number of nitrogens with one attached hydrogen (secondary N) is 1. The highest BCUT2D eigenvalue weighted by Crippen LogP contribution is 2.40. The number of aliphatic hydroxyl groups is 1.